The summed E-state index contributed by atoms with van der Waals surface area (Å²) < 4.78 is 15.6. The highest BCUT2D eigenvalue weighted by molar-refractivity contribution is 6.05. The Hall–Kier alpha value is -3.35. The topological polar surface area (TPSA) is 90.9 Å². The van der Waals surface area contributed by atoms with Gasteiger partial charge >= 0.3 is 5.97 Å². The minimum absolute atomic E-state index is 0.0531. The van der Waals surface area contributed by atoms with Crippen molar-refractivity contribution in [3.05, 3.63) is 52.6 Å². The largest absolute Gasteiger partial charge is 0.454 e. The summed E-state index contributed by atoms with van der Waals surface area (Å²) in [6, 6.07) is 8.45. The van der Waals surface area contributed by atoms with Gasteiger partial charge in [-0.2, -0.15) is 0 Å². The van der Waals surface area contributed by atoms with E-state index in [1.54, 1.807) is 13.0 Å². The Kier molecular flexibility index (Phi) is 5.12. The third kappa shape index (κ3) is 4.08. The molecular formula is C20H19NO6. The molecule has 2 aromatic carbocycles. The molecule has 0 aliphatic carbocycles. The van der Waals surface area contributed by atoms with Crippen LogP contribution in [-0.4, -0.2) is 31.1 Å². The number of Topliss-reactive ketones (excluding diaryl/α,β-unsaturated/α-hetero) is 1. The van der Waals surface area contributed by atoms with Gasteiger partial charge < -0.3 is 19.5 Å². The fourth-order valence-corrected chi connectivity index (χ4v) is 2.69. The van der Waals surface area contributed by atoms with Gasteiger partial charge in [0.05, 0.1) is 11.3 Å². The Labute approximate surface area is 156 Å². The number of carbonyl (C=O) groups is 3. The van der Waals surface area contributed by atoms with Crippen LogP contribution < -0.4 is 14.8 Å². The van der Waals surface area contributed by atoms with E-state index in [1.165, 1.54) is 19.1 Å². The molecule has 140 valence electrons. The predicted octanol–water partition coefficient (Wildman–Crippen LogP) is 3.03. The van der Waals surface area contributed by atoms with E-state index < -0.39 is 18.5 Å². The number of hydrogen-bond acceptors (Lipinski definition) is 6. The highest BCUT2D eigenvalue weighted by atomic mass is 16.7. The van der Waals surface area contributed by atoms with E-state index >= 15 is 0 Å². The van der Waals surface area contributed by atoms with Crippen LogP contribution in [-0.2, 0) is 9.53 Å². The first-order chi connectivity index (χ1) is 12.8. The smallest absolute Gasteiger partial charge is 0.338 e. The molecular weight excluding hydrogens is 350 g/mol. The van der Waals surface area contributed by atoms with Gasteiger partial charge in [0.1, 0.15) is 0 Å². The lowest BCUT2D eigenvalue weighted by molar-refractivity contribution is -0.119. The van der Waals surface area contributed by atoms with Gasteiger partial charge in [-0.3, -0.25) is 9.59 Å². The second-order valence-corrected chi connectivity index (χ2v) is 6.25. The molecule has 27 heavy (non-hydrogen) atoms. The number of carbonyl (C=O) groups excluding carboxylic acids is 3. The first-order valence-electron chi connectivity index (χ1n) is 8.34. The number of fused-ring (bicyclic) bond motifs is 1. The maximum Gasteiger partial charge on any atom is 0.338 e. The van der Waals surface area contributed by atoms with Crippen molar-refractivity contribution in [1.29, 1.82) is 0 Å². The van der Waals surface area contributed by atoms with E-state index in [-0.39, 0.29) is 23.8 Å². The summed E-state index contributed by atoms with van der Waals surface area (Å²) in [5, 5.41) is 2.58. The first-order valence-corrected chi connectivity index (χ1v) is 8.34. The minimum Gasteiger partial charge on any atom is -0.454 e. The van der Waals surface area contributed by atoms with Crippen LogP contribution in [0.25, 0.3) is 0 Å². The highest BCUT2D eigenvalue weighted by Gasteiger charge is 2.21. The second-order valence-electron chi connectivity index (χ2n) is 6.25. The number of amides is 1. The molecule has 0 bridgehead atoms. The Morgan fingerprint density at radius 2 is 1.74 bits per heavy atom. The standard InChI is InChI=1S/C20H19NO6/c1-11-4-5-12(2)14(6-11)20(24)25-9-19(23)21-16-8-18-17(26-10-27-18)7-15(16)13(3)22/h4-8H,9-10H2,1-3H3,(H,21,23). The van der Waals surface area contributed by atoms with Crippen molar-refractivity contribution >= 4 is 23.3 Å². The zero-order valence-electron chi connectivity index (χ0n) is 15.3. The predicted molar refractivity (Wildman–Crippen MR) is 97.4 cm³/mol. The average Bonchev–Trinajstić information content (AvgIpc) is 3.08. The molecule has 1 aliphatic heterocycles. The summed E-state index contributed by atoms with van der Waals surface area (Å²) in [6.07, 6.45) is 0. The van der Waals surface area contributed by atoms with Crippen LogP contribution in [0.5, 0.6) is 11.5 Å². The van der Waals surface area contributed by atoms with E-state index in [2.05, 4.69) is 5.32 Å². The molecule has 1 aliphatic rings. The number of ketones is 1. The monoisotopic (exact) mass is 369 g/mol. The van der Waals surface area contributed by atoms with Crippen LogP contribution in [0.3, 0.4) is 0 Å². The van der Waals surface area contributed by atoms with Crippen molar-refractivity contribution in [3.63, 3.8) is 0 Å². The van der Waals surface area contributed by atoms with E-state index in [0.29, 0.717) is 17.1 Å². The number of aryl methyl sites for hydroxylation is 2. The molecule has 0 radical (unpaired) electrons. The molecule has 0 fully saturated rings. The van der Waals surface area contributed by atoms with Crippen LogP contribution in [0.4, 0.5) is 5.69 Å². The molecule has 1 amide bonds. The zero-order chi connectivity index (χ0) is 19.6. The van der Waals surface area contributed by atoms with Crippen molar-refractivity contribution in [2.45, 2.75) is 20.8 Å². The van der Waals surface area contributed by atoms with Gasteiger partial charge in [-0.1, -0.05) is 17.7 Å². The van der Waals surface area contributed by atoms with Gasteiger partial charge in [0.15, 0.2) is 23.9 Å². The number of rotatable bonds is 5. The third-order valence-corrected chi connectivity index (χ3v) is 4.11. The van der Waals surface area contributed by atoms with Gasteiger partial charge in [0.25, 0.3) is 5.91 Å². The molecule has 3 rings (SSSR count). The van der Waals surface area contributed by atoms with Gasteiger partial charge in [0, 0.05) is 11.6 Å². The Morgan fingerprint density at radius 1 is 1.04 bits per heavy atom. The molecule has 0 unspecified atom stereocenters. The minimum atomic E-state index is -0.580. The maximum absolute atomic E-state index is 12.2. The van der Waals surface area contributed by atoms with Crippen molar-refractivity contribution in [2.75, 3.05) is 18.7 Å². The lowest BCUT2D eigenvalue weighted by Gasteiger charge is -2.11. The van der Waals surface area contributed by atoms with Crippen LogP contribution >= 0.6 is 0 Å². The van der Waals surface area contributed by atoms with E-state index in [9.17, 15) is 14.4 Å². The van der Waals surface area contributed by atoms with Crippen LogP contribution in [0.2, 0.25) is 0 Å². The molecule has 1 heterocycles. The van der Waals surface area contributed by atoms with Gasteiger partial charge in [0.2, 0.25) is 6.79 Å². The van der Waals surface area contributed by atoms with E-state index in [0.717, 1.165) is 11.1 Å². The van der Waals surface area contributed by atoms with Crippen molar-refractivity contribution in [1.82, 2.24) is 0 Å². The van der Waals surface area contributed by atoms with Crippen LogP contribution in [0.15, 0.2) is 30.3 Å². The highest BCUT2D eigenvalue weighted by Crippen LogP contribution is 2.37. The Bertz CT molecular complexity index is 934. The van der Waals surface area contributed by atoms with Crippen LogP contribution in [0.1, 0.15) is 38.8 Å². The first kappa shape index (κ1) is 18.4. The van der Waals surface area contributed by atoms with E-state index in [4.69, 9.17) is 14.2 Å². The SMILES string of the molecule is CC(=O)c1cc2c(cc1NC(=O)COC(=O)c1cc(C)ccc1C)OCO2. The van der Waals surface area contributed by atoms with E-state index in [1.807, 2.05) is 19.1 Å². The third-order valence-electron chi connectivity index (χ3n) is 4.11. The summed E-state index contributed by atoms with van der Waals surface area (Å²) in [5.74, 6) is -0.503. The molecule has 0 aromatic heterocycles. The Balaban J connectivity index is 1.68. The summed E-state index contributed by atoms with van der Waals surface area (Å²) in [4.78, 5) is 36.2. The molecule has 2 aromatic rings. The zero-order valence-corrected chi connectivity index (χ0v) is 15.3. The van der Waals surface area contributed by atoms with Gasteiger partial charge in [-0.05, 0) is 38.5 Å². The Morgan fingerprint density at radius 3 is 2.44 bits per heavy atom. The molecule has 0 spiro atoms. The molecule has 7 nitrogen and oxygen atoms in total. The number of hydrogen-bond donors (Lipinski definition) is 1. The summed E-state index contributed by atoms with van der Waals surface area (Å²) >= 11 is 0. The van der Waals surface area contributed by atoms with Crippen molar-refractivity contribution < 1.29 is 28.6 Å². The number of benzene rings is 2. The quantitative estimate of drug-likeness (QED) is 0.643. The van der Waals surface area contributed by atoms with Crippen LogP contribution in [0, 0.1) is 13.8 Å². The molecule has 0 saturated carbocycles. The average molecular weight is 369 g/mol. The molecule has 0 saturated heterocycles. The number of nitrogens with one attached hydrogen (secondary N) is 1. The number of anilines is 1. The summed E-state index contributed by atoms with van der Waals surface area (Å²) in [7, 11) is 0. The lowest BCUT2D eigenvalue weighted by atomic mass is 10.1. The number of esters is 1. The molecule has 0 atom stereocenters. The summed E-state index contributed by atoms with van der Waals surface area (Å²) in [6.45, 7) is 4.62. The fraction of sp³-hybridized carbons (Fsp3) is 0.250. The normalized spacial score (nSPS) is 11.8. The van der Waals surface area contributed by atoms with Crippen molar-refractivity contribution in [3.8, 4) is 11.5 Å². The summed E-state index contributed by atoms with van der Waals surface area (Å²) in [5.41, 5.74) is 2.66. The van der Waals surface area contributed by atoms with Gasteiger partial charge in [-0.15, -0.1) is 0 Å². The molecule has 1 N–H and O–H groups in total. The lowest BCUT2D eigenvalue weighted by Crippen LogP contribution is -2.22. The molecule has 7 heteroatoms. The van der Waals surface area contributed by atoms with Crippen molar-refractivity contribution in [2.24, 2.45) is 0 Å². The fourth-order valence-electron chi connectivity index (χ4n) is 2.69. The second kappa shape index (κ2) is 7.49. The number of ether oxygens (including phenoxy) is 3. The van der Waals surface area contributed by atoms with Gasteiger partial charge in [-0.25, -0.2) is 4.79 Å². The maximum atomic E-state index is 12.2.